The van der Waals surface area contributed by atoms with Gasteiger partial charge in [0, 0.05) is 24.5 Å². The van der Waals surface area contributed by atoms with E-state index in [0.29, 0.717) is 25.5 Å². The number of ether oxygens (including phenoxy) is 2. The van der Waals surface area contributed by atoms with Crippen LogP contribution in [0.4, 0.5) is 0 Å². The minimum atomic E-state index is -0.743. The highest BCUT2D eigenvalue weighted by Crippen LogP contribution is 2.07. The third kappa shape index (κ3) is 3.35. The fourth-order valence-electron chi connectivity index (χ4n) is 2.58. The molecule has 2 aromatic heterocycles. The number of rotatable bonds is 3. The lowest BCUT2D eigenvalue weighted by Gasteiger charge is -2.30. The van der Waals surface area contributed by atoms with Gasteiger partial charge in [0.15, 0.2) is 6.61 Å². The highest BCUT2D eigenvalue weighted by molar-refractivity contribution is 5.88. The van der Waals surface area contributed by atoms with Crippen molar-refractivity contribution >= 4 is 17.7 Å². The zero-order valence-corrected chi connectivity index (χ0v) is 13.9. The number of aromatic nitrogens is 4. The number of carbonyl (C=O) groups excluding carboxylic acids is 2. The van der Waals surface area contributed by atoms with Crippen molar-refractivity contribution in [3.63, 3.8) is 0 Å². The highest BCUT2D eigenvalue weighted by Gasteiger charge is 2.23. The van der Waals surface area contributed by atoms with Gasteiger partial charge < -0.3 is 14.4 Å². The van der Waals surface area contributed by atoms with Gasteiger partial charge in [-0.2, -0.15) is 4.98 Å². The van der Waals surface area contributed by atoms with E-state index >= 15 is 0 Å². The van der Waals surface area contributed by atoms with Crippen LogP contribution in [0.15, 0.2) is 6.07 Å². The lowest BCUT2D eigenvalue weighted by atomic mass is 10.3. The van der Waals surface area contributed by atoms with Gasteiger partial charge in [-0.15, -0.1) is 5.10 Å². The Labute approximate surface area is 138 Å². The summed E-state index contributed by atoms with van der Waals surface area (Å²) in [6.07, 6.45) is -0.0178. The van der Waals surface area contributed by atoms with Crippen LogP contribution in [0.3, 0.4) is 0 Å². The Kier molecular flexibility index (Phi) is 4.43. The molecule has 0 spiro atoms. The minimum absolute atomic E-state index is 0.0178. The number of fused-ring (bicyclic) bond motifs is 1. The van der Waals surface area contributed by atoms with Crippen LogP contribution in [0.2, 0.25) is 0 Å². The van der Waals surface area contributed by atoms with Crippen molar-refractivity contribution in [3.05, 3.63) is 23.3 Å². The van der Waals surface area contributed by atoms with Crippen LogP contribution in [0.5, 0.6) is 0 Å². The molecule has 3 rings (SSSR count). The number of amides is 1. The van der Waals surface area contributed by atoms with E-state index < -0.39 is 5.97 Å². The summed E-state index contributed by atoms with van der Waals surface area (Å²) in [6, 6.07) is 1.83. The Balaban J connectivity index is 1.65. The molecular formula is C15H19N5O4. The molecule has 3 heterocycles. The van der Waals surface area contributed by atoms with E-state index in [-0.39, 0.29) is 24.4 Å². The van der Waals surface area contributed by atoms with Crippen molar-refractivity contribution in [2.45, 2.75) is 26.9 Å². The van der Waals surface area contributed by atoms with Gasteiger partial charge in [0.2, 0.25) is 0 Å². The molecule has 0 N–H and O–H groups in total. The highest BCUT2D eigenvalue weighted by atomic mass is 16.5. The van der Waals surface area contributed by atoms with E-state index in [1.165, 1.54) is 4.52 Å². The number of aryl methyl sites for hydroxylation is 2. The van der Waals surface area contributed by atoms with Crippen molar-refractivity contribution in [1.29, 1.82) is 0 Å². The van der Waals surface area contributed by atoms with Gasteiger partial charge in [0.05, 0.1) is 12.7 Å². The Hall–Kier alpha value is -2.55. The lowest BCUT2D eigenvalue weighted by Crippen LogP contribution is -2.46. The molecule has 1 aliphatic heterocycles. The summed E-state index contributed by atoms with van der Waals surface area (Å²) in [6.45, 7) is 6.70. The first-order chi connectivity index (χ1) is 11.4. The molecule has 2 aromatic rings. The standard InChI is InChI=1S/C15H19N5O4/c1-9-6-10(2)20-15(16-9)17-13(18-20)14(22)24-8-12(21)19-4-5-23-11(3)7-19/h6,11H,4-5,7-8H2,1-3H3. The van der Waals surface area contributed by atoms with Crippen LogP contribution in [-0.4, -0.2) is 68.8 Å². The molecule has 0 aliphatic carbocycles. The van der Waals surface area contributed by atoms with Crippen LogP contribution < -0.4 is 0 Å². The van der Waals surface area contributed by atoms with E-state index in [4.69, 9.17) is 9.47 Å². The van der Waals surface area contributed by atoms with Gasteiger partial charge in [0.25, 0.3) is 17.5 Å². The number of carbonyl (C=O) groups is 2. The summed E-state index contributed by atoms with van der Waals surface area (Å²) in [7, 11) is 0. The van der Waals surface area contributed by atoms with E-state index in [1.807, 2.05) is 26.8 Å². The van der Waals surface area contributed by atoms with Crippen LogP contribution in [-0.2, 0) is 14.3 Å². The van der Waals surface area contributed by atoms with Gasteiger partial charge in [-0.05, 0) is 26.8 Å². The van der Waals surface area contributed by atoms with E-state index in [0.717, 1.165) is 11.4 Å². The largest absolute Gasteiger partial charge is 0.450 e. The molecule has 1 fully saturated rings. The Bertz CT molecular complexity index is 788. The predicted octanol–water partition coefficient (Wildman–Crippen LogP) is 0.145. The monoisotopic (exact) mass is 333 g/mol. The summed E-state index contributed by atoms with van der Waals surface area (Å²) < 4.78 is 11.9. The molecule has 0 saturated carbocycles. The van der Waals surface area contributed by atoms with Gasteiger partial charge in [0.1, 0.15) is 0 Å². The molecule has 128 valence electrons. The normalized spacial score (nSPS) is 18.0. The van der Waals surface area contributed by atoms with Crippen LogP contribution in [0.1, 0.15) is 28.9 Å². The average Bonchev–Trinajstić information content (AvgIpc) is 2.96. The van der Waals surface area contributed by atoms with Gasteiger partial charge >= 0.3 is 5.97 Å². The smallest absolute Gasteiger partial charge is 0.378 e. The minimum Gasteiger partial charge on any atom is -0.450 e. The van der Waals surface area contributed by atoms with Crippen LogP contribution in [0.25, 0.3) is 5.78 Å². The molecule has 1 atom stereocenters. The quantitative estimate of drug-likeness (QED) is 0.737. The van der Waals surface area contributed by atoms with E-state index in [1.54, 1.807) is 4.90 Å². The maximum absolute atomic E-state index is 12.1. The van der Waals surface area contributed by atoms with Crippen molar-refractivity contribution in [2.75, 3.05) is 26.3 Å². The third-order valence-corrected chi connectivity index (χ3v) is 3.72. The Morgan fingerprint density at radius 1 is 1.38 bits per heavy atom. The van der Waals surface area contributed by atoms with Gasteiger partial charge in [-0.25, -0.2) is 14.3 Å². The Morgan fingerprint density at radius 3 is 2.92 bits per heavy atom. The average molecular weight is 333 g/mol. The fraction of sp³-hybridized carbons (Fsp3) is 0.533. The molecule has 24 heavy (non-hydrogen) atoms. The molecule has 1 saturated heterocycles. The zero-order valence-electron chi connectivity index (χ0n) is 13.9. The van der Waals surface area contributed by atoms with Crippen molar-refractivity contribution in [3.8, 4) is 0 Å². The first-order valence-corrected chi connectivity index (χ1v) is 7.71. The zero-order chi connectivity index (χ0) is 17.3. The molecule has 0 bridgehead atoms. The van der Waals surface area contributed by atoms with E-state index in [9.17, 15) is 9.59 Å². The molecule has 1 amide bonds. The third-order valence-electron chi connectivity index (χ3n) is 3.72. The summed E-state index contributed by atoms with van der Waals surface area (Å²) in [4.78, 5) is 34.0. The first-order valence-electron chi connectivity index (χ1n) is 7.71. The summed E-state index contributed by atoms with van der Waals surface area (Å²) in [5, 5.41) is 4.08. The molecule has 0 radical (unpaired) electrons. The number of nitrogens with zero attached hydrogens (tertiary/aromatic N) is 5. The maximum Gasteiger partial charge on any atom is 0.378 e. The number of hydrogen-bond acceptors (Lipinski definition) is 7. The van der Waals surface area contributed by atoms with Gasteiger partial charge in [-0.1, -0.05) is 0 Å². The van der Waals surface area contributed by atoms with Crippen molar-refractivity contribution in [2.24, 2.45) is 0 Å². The molecule has 0 aromatic carbocycles. The predicted molar refractivity (Wildman–Crippen MR) is 82.5 cm³/mol. The van der Waals surface area contributed by atoms with Crippen LogP contribution in [0, 0.1) is 13.8 Å². The second kappa shape index (κ2) is 6.52. The molecule has 9 nitrogen and oxygen atoms in total. The SMILES string of the molecule is Cc1cc(C)n2nc(C(=O)OCC(=O)N3CCOC(C)C3)nc2n1. The number of esters is 1. The van der Waals surface area contributed by atoms with Crippen LogP contribution >= 0.6 is 0 Å². The maximum atomic E-state index is 12.1. The lowest BCUT2D eigenvalue weighted by molar-refractivity contribution is -0.141. The van der Waals surface area contributed by atoms with E-state index in [2.05, 4.69) is 15.1 Å². The summed E-state index contributed by atoms with van der Waals surface area (Å²) in [5.74, 6) is -0.785. The fourth-order valence-corrected chi connectivity index (χ4v) is 2.58. The Morgan fingerprint density at radius 2 is 2.17 bits per heavy atom. The number of hydrogen-bond donors (Lipinski definition) is 0. The topological polar surface area (TPSA) is 98.9 Å². The molecule has 9 heteroatoms. The molecule has 1 unspecified atom stereocenters. The summed E-state index contributed by atoms with van der Waals surface area (Å²) >= 11 is 0. The summed E-state index contributed by atoms with van der Waals surface area (Å²) in [5.41, 5.74) is 1.59. The second-order valence-corrected chi connectivity index (χ2v) is 5.78. The van der Waals surface area contributed by atoms with Gasteiger partial charge in [-0.3, -0.25) is 4.79 Å². The first kappa shape index (κ1) is 16.3. The number of morpholine rings is 1. The van der Waals surface area contributed by atoms with Crippen molar-refractivity contribution < 1.29 is 19.1 Å². The van der Waals surface area contributed by atoms with Crippen molar-refractivity contribution in [1.82, 2.24) is 24.5 Å². The second-order valence-electron chi connectivity index (χ2n) is 5.78. The molecular weight excluding hydrogens is 314 g/mol. The molecule has 1 aliphatic rings.